The molecule has 1 aromatic heterocycles. The zero-order valence-electron chi connectivity index (χ0n) is 10.8. The van der Waals surface area contributed by atoms with Crippen molar-refractivity contribution in [2.45, 2.75) is 32.9 Å². The predicted molar refractivity (Wildman–Crippen MR) is 74.3 cm³/mol. The van der Waals surface area contributed by atoms with Crippen LogP contribution in [0.3, 0.4) is 0 Å². The molecule has 0 unspecified atom stereocenters. The Balaban J connectivity index is 3.26. The van der Waals surface area contributed by atoms with E-state index >= 15 is 0 Å². The lowest BCUT2D eigenvalue weighted by Crippen LogP contribution is -2.30. The minimum absolute atomic E-state index is 0.0476. The highest BCUT2D eigenvalue weighted by atomic mass is 32.1. The fraction of sp³-hybridized carbons (Fsp3) is 0.500. The summed E-state index contributed by atoms with van der Waals surface area (Å²) in [5.74, 6) is 0. The topological polar surface area (TPSA) is 66.6 Å². The standard InChI is InChI=1S/C12H18N2O3S/c1-5-6-13(8(2)3)12-10(14(16)17)7-11(18-12)9(4)15/h5,7-9,15H,1,6H2,2-4H3/t9-/m1/s1. The van der Waals surface area contributed by atoms with Gasteiger partial charge in [0.2, 0.25) is 0 Å². The van der Waals surface area contributed by atoms with Gasteiger partial charge in [-0.3, -0.25) is 10.1 Å². The smallest absolute Gasteiger partial charge is 0.304 e. The van der Waals surface area contributed by atoms with Crippen molar-refractivity contribution < 1.29 is 10.0 Å². The maximum Gasteiger partial charge on any atom is 0.304 e. The van der Waals surface area contributed by atoms with Gasteiger partial charge in [0.1, 0.15) is 0 Å². The van der Waals surface area contributed by atoms with E-state index in [9.17, 15) is 15.2 Å². The van der Waals surface area contributed by atoms with Crippen molar-refractivity contribution >= 4 is 22.0 Å². The van der Waals surface area contributed by atoms with Crippen molar-refractivity contribution in [3.8, 4) is 0 Å². The predicted octanol–water partition coefficient (Wildman–Crippen LogP) is 3.11. The van der Waals surface area contributed by atoms with E-state index in [0.29, 0.717) is 16.4 Å². The van der Waals surface area contributed by atoms with Crippen molar-refractivity contribution in [3.05, 3.63) is 33.7 Å². The van der Waals surface area contributed by atoms with Crippen LogP contribution in [0.4, 0.5) is 10.7 Å². The molecule has 0 fully saturated rings. The molecule has 0 aromatic carbocycles. The Hall–Kier alpha value is -1.40. The number of nitro groups is 1. The normalized spacial score (nSPS) is 12.5. The van der Waals surface area contributed by atoms with Crippen LogP contribution in [0.1, 0.15) is 31.8 Å². The molecule has 0 aliphatic rings. The molecule has 0 saturated carbocycles. The van der Waals surface area contributed by atoms with Crippen molar-refractivity contribution in [1.29, 1.82) is 0 Å². The highest BCUT2D eigenvalue weighted by molar-refractivity contribution is 7.16. The van der Waals surface area contributed by atoms with E-state index in [-0.39, 0.29) is 11.7 Å². The largest absolute Gasteiger partial charge is 0.388 e. The van der Waals surface area contributed by atoms with E-state index < -0.39 is 11.0 Å². The van der Waals surface area contributed by atoms with Crippen LogP contribution in [0.15, 0.2) is 18.7 Å². The van der Waals surface area contributed by atoms with Gasteiger partial charge in [-0.25, -0.2) is 0 Å². The summed E-state index contributed by atoms with van der Waals surface area (Å²) in [6.45, 7) is 9.75. The van der Waals surface area contributed by atoms with E-state index in [1.165, 1.54) is 17.4 Å². The van der Waals surface area contributed by atoms with Gasteiger partial charge in [0.05, 0.1) is 11.0 Å². The first-order valence-corrected chi connectivity index (χ1v) is 6.53. The fourth-order valence-electron chi connectivity index (χ4n) is 1.60. The van der Waals surface area contributed by atoms with Gasteiger partial charge in [-0.05, 0) is 20.8 Å². The Kier molecular flexibility index (Phi) is 4.86. The molecule has 0 aliphatic heterocycles. The molecule has 0 saturated heterocycles. The van der Waals surface area contributed by atoms with Crippen LogP contribution in [-0.4, -0.2) is 22.6 Å². The molecular weight excluding hydrogens is 252 g/mol. The summed E-state index contributed by atoms with van der Waals surface area (Å²) in [5.41, 5.74) is 0.0476. The van der Waals surface area contributed by atoms with Crippen LogP contribution < -0.4 is 4.90 Å². The monoisotopic (exact) mass is 270 g/mol. The van der Waals surface area contributed by atoms with Crippen LogP contribution in [0.5, 0.6) is 0 Å². The zero-order chi connectivity index (χ0) is 13.9. The minimum atomic E-state index is -0.694. The first kappa shape index (κ1) is 14.7. The number of aliphatic hydroxyl groups excluding tert-OH is 1. The molecule has 18 heavy (non-hydrogen) atoms. The van der Waals surface area contributed by atoms with E-state index in [1.54, 1.807) is 13.0 Å². The molecular formula is C12H18N2O3S. The maximum atomic E-state index is 11.1. The third-order valence-corrected chi connectivity index (χ3v) is 3.86. The lowest BCUT2D eigenvalue weighted by Gasteiger charge is -2.25. The second kappa shape index (κ2) is 5.97. The summed E-state index contributed by atoms with van der Waals surface area (Å²) >= 11 is 1.26. The second-order valence-electron chi connectivity index (χ2n) is 4.31. The first-order chi connectivity index (χ1) is 8.38. The molecule has 1 aromatic rings. The van der Waals surface area contributed by atoms with Crippen molar-refractivity contribution in [2.24, 2.45) is 0 Å². The second-order valence-corrected chi connectivity index (χ2v) is 5.37. The van der Waals surface area contributed by atoms with Crippen LogP contribution in [0.25, 0.3) is 0 Å². The molecule has 0 amide bonds. The van der Waals surface area contributed by atoms with Gasteiger partial charge < -0.3 is 10.0 Å². The quantitative estimate of drug-likeness (QED) is 0.490. The maximum absolute atomic E-state index is 11.1. The molecule has 5 nitrogen and oxygen atoms in total. The third kappa shape index (κ3) is 3.08. The molecule has 100 valence electrons. The average Bonchev–Trinajstić information content (AvgIpc) is 2.69. The summed E-state index contributed by atoms with van der Waals surface area (Å²) in [4.78, 5) is 13.2. The summed E-state index contributed by atoms with van der Waals surface area (Å²) in [6.07, 6.45) is 1.02. The number of aliphatic hydroxyl groups is 1. The Morgan fingerprint density at radius 1 is 1.61 bits per heavy atom. The van der Waals surface area contributed by atoms with Gasteiger partial charge >= 0.3 is 5.69 Å². The Bertz CT molecular complexity index is 441. The molecule has 1 heterocycles. The molecule has 1 rings (SSSR count). The van der Waals surface area contributed by atoms with E-state index in [4.69, 9.17) is 0 Å². The number of hydrogen-bond donors (Lipinski definition) is 1. The molecule has 6 heteroatoms. The van der Waals surface area contributed by atoms with Gasteiger partial charge in [0.15, 0.2) is 5.00 Å². The fourth-order valence-corrected chi connectivity index (χ4v) is 2.80. The Morgan fingerprint density at radius 3 is 2.61 bits per heavy atom. The highest BCUT2D eigenvalue weighted by Crippen LogP contribution is 2.40. The molecule has 1 atom stereocenters. The molecule has 0 bridgehead atoms. The van der Waals surface area contributed by atoms with Crippen LogP contribution >= 0.6 is 11.3 Å². The first-order valence-electron chi connectivity index (χ1n) is 5.72. The van der Waals surface area contributed by atoms with Crippen molar-refractivity contribution in [2.75, 3.05) is 11.4 Å². The van der Waals surface area contributed by atoms with Gasteiger partial charge in [-0.1, -0.05) is 6.08 Å². The number of rotatable bonds is 6. The zero-order valence-corrected chi connectivity index (χ0v) is 11.6. The number of anilines is 1. The van der Waals surface area contributed by atoms with E-state index in [2.05, 4.69) is 6.58 Å². The van der Waals surface area contributed by atoms with Gasteiger partial charge in [-0.15, -0.1) is 17.9 Å². The molecule has 0 radical (unpaired) electrons. The van der Waals surface area contributed by atoms with Crippen LogP contribution in [0.2, 0.25) is 0 Å². The van der Waals surface area contributed by atoms with Crippen molar-refractivity contribution in [3.63, 3.8) is 0 Å². The number of hydrogen-bond acceptors (Lipinski definition) is 5. The lowest BCUT2D eigenvalue weighted by molar-refractivity contribution is -0.383. The van der Waals surface area contributed by atoms with E-state index in [1.807, 2.05) is 18.7 Å². The van der Waals surface area contributed by atoms with Gasteiger partial charge in [-0.2, -0.15) is 0 Å². The van der Waals surface area contributed by atoms with Crippen LogP contribution in [-0.2, 0) is 0 Å². The molecule has 1 N–H and O–H groups in total. The minimum Gasteiger partial charge on any atom is -0.388 e. The van der Waals surface area contributed by atoms with E-state index in [0.717, 1.165) is 0 Å². The van der Waals surface area contributed by atoms with Crippen LogP contribution in [0, 0.1) is 10.1 Å². The number of nitrogens with zero attached hydrogens (tertiary/aromatic N) is 2. The molecule has 0 aliphatic carbocycles. The third-order valence-electron chi connectivity index (χ3n) is 2.53. The van der Waals surface area contributed by atoms with Gasteiger partial charge in [0.25, 0.3) is 0 Å². The number of thiophene rings is 1. The highest BCUT2D eigenvalue weighted by Gasteiger charge is 2.26. The molecule has 0 spiro atoms. The van der Waals surface area contributed by atoms with Crippen molar-refractivity contribution in [1.82, 2.24) is 0 Å². The Labute approximate surface area is 111 Å². The Morgan fingerprint density at radius 2 is 2.22 bits per heavy atom. The average molecular weight is 270 g/mol. The summed E-state index contributed by atoms with van der Waals surface area (Å²) in [5, 5.41) is 21.2. The SMILES string of the molecule is C=CCN(c1sc([C@@H](C)O)cc1[N+](=O)[O-])C(C)C. The summed E-state index contributed by atoms with van der Waals surface area (Å²) in [7, 11) is 0. The lowest BCUT2D eigenvalue weighted by atomic mass is 10.3. The summed E-state index contributed by atoms with van der Waals surface area (Å²) in [6, 6.07) is 1.57. The van der Waals surface area contributed by atoms with Gasteiger partial charge in [0, 0.05) is 23.5 Å². The summed E-state index contributed by atoms with van der Waals surface area (Å²) < 4.78 is 0.